The topological polar surface area (TPSA) is 92.0 Å². The van der Waals surface area contributed by atoms with Crippen LogP contribution in [0, 0.1) is 0 Å². The van der Waals surface area contributed by atoms with Gasteiger partial charge in [0.25, 0.3) is 0 Å². The summed E-state index contributed by atoms with van der Waals surface area (Å²) in [6.07, 6.45) is 2.12. The van der Waals surface area contributed by atoms with Crippen LogP contribution >= 0.6 is 35.3 Å². The lowest BCUT2D eigenvalue weighted by molar-refractivity contribution is 0.0507. The lowest BCUT2D eigenvalue weighted by Crippen LogP contribution is -2.44. The van der Waals surface area contributed by atoms with E-state index in [0.29, 0.717) is 19.0 Å². The molecule has 2 aromatic rings. The van der Waals surface area contributed by atoms with E-state index in [1.807, 2.05) is 38.3 Å². The molecule has 0 bridgehead atoms. The molecule has 8 nitrogen and oxygen atoms in total. The van der Waals surface area contributed by atoms with Crippen LogP contribution < -0.4 is 10.6 Å². The van der Waals surface area contributed by atoms with Gasteiger partial charge in [-0.25, -0.2) is 9.78 Å². The molecule has 0 aliphatic carbocycles. The van der Waals surface area contributed by atoms with Crippen molar-refractivity contribution < 1.29 is 13.9 Å². The van der Waals surface area contributed by atoms with Crippen molar-refractivity contribution in [2.45, 2.75) is 45.4 Å². The quantitative estimate of drug-likeness (QED) is 0.354. The predicted molar refractivity (Wildman–Crippen MR) is 125 cm³/mol. The summed E-state index contributed by atoms with van der Waals surface area (Å²) in [6.45, 7) is 7.56. The van der Waals surface area contributed by atoms with Crippen molar-refractivity contribution in [3.8, 4) is 10.8 Å². The van der Waals surface area contributed by atoms with Gasteiger partial charge in [-0.2, -0.15) is 0 Å². The van der Waals surface area contributed by atoms with Crippen LogP contribution in [-0.4, -0.2) is 53.7 Å². The van der Waals surface area contributed by atoms with Gasteiger partial charge in [0.05, 0.1) is 23.2 Å². The number of hydrogen-bond acceptors (Lipinski definition) is 6. The maximum absolute atomic E-state index is 12.0. The van der Waals surface area contributed by atoms with Crippen LogP contribution in [0.4, 0.5) is 4.79 Å². The van der Waals surface area contributed by atoms with Gasteiger partial charge >= 0.3 is 6.09 Å². The van der Waals surface area contributed by atoms with E-state index in [0.717, 1.165) is 29.5 Å². The Kier molecular flexibility index (Phi) is 8.32. The molecule has 0 aromatic carbocycles. The second-order valence-corrected chi connectivity index (χ2v) is 8.55. The van der Waals surface area contributed by atoms with Crippen molar-refractivity contribution in [1.82, 2.24) is 20.5 Å². The number of halogens is 1. The molecule has 1 unspecified atom stereocenters. The number of nitrogens with one attached hydrogen (secondary N) is 2. The summed E-state index contributed by atoms with van der Waals surface area (Å²) in [7, 11) is 1.75. The first kappa shape index (κ1) is 23.5. The summed E-state index contributed by atoms with van der Waals surface area (Å²) in [5, 5.41) is 8.23. The van der Waals surface area contributed by atoms with Gasteiger partial charge in [0.15, 0.2) is 5.96 Å². The summed E-state index contributed by atoms with van der Waals surface area (Å²) in [5.74, 6) is 1.40. The maximum Gasteiger partial charge on any atom is 0.407 e. The van der Waals surface area contributed by atoms with Gasteiger partial charge in [-0.1, -0.05) is 6.07 Å². The smallest absolute Gasteiger partial charge is 0.407 e. The molecule has 1 atom stereocenters. The second kappa shape index (κ2) is 10.3. The number of hydrogen-bond donors (Lipinski definition) is 2. The molecule has 1 amide bonds. The number of carbonyl (C=O) groups excluding carboxylic acids is 1. The number of thiophene rings is 1. The Hall–Kier alpha value is -1.82. The third-order valence-corrected chi connectivity index (χ3v) is 4.99. The molecular weight excluding hydrogens is 505 g/mol. The van der Waals surface area contributed by atoms with Gasteiger partial charge in [-0.15, -0.1) is 35.3 Å². The molecule has 0 saturated carbocycles. The third kappa shape index (κ3) is 6.88. The Morgan fingerprint density at radius 2 is 2.28 bits per heavy atom. The van der Waals surface area contributed by atoms with Crippen molar-refractivity contribution >= 4 is 47.4 Å². The van der Waals surface area contributed by atoms with E-state index in [9.17, 15) is 4.79 Å². The van der Waals surface area contributed by atoms with Crippen molar-refractivity contribution in [2.24, 2.45) is 4.99 Å². The van der Waals surface area contributed by atoms with Crippen LogP contribution in [0.15, 0.2) is 33.2 Å². The fraction of sp³-hybridized carbons (Fsp3) is 0.526. The number of carbonyl (C=O) groups is 1. The van der Waals surface area contributed by atoms with E-state index >= 15 is 0 Å². The number of guanidine groups is 1. The molecule has 1 saturated heterocycles. The Morgan fingerprint density at radius 3 is 2.93 bits per heavy atom. The number of aliphatic imine (C=N–C) groups is 1. The Labute approximate surface area is 192 Å². The number of ether oxygens (including phenoxy) is 1. The normalized spacial score (nSPS) is 17.0. The fourth-order valence-electron chi connectivity index (χ4n) is 2.95. The standard InChI is InChI=1S/C19H27N5O3S.HI/c1-19(2,3)27-18(25)23-13-7-8-24(11-13)17(20-4)21-10-14-12-26-16(22-14)15-6-5-9-28-15;/h5-6,9,12-13H,7-8,10-11H2,1-4H3,(H,20,21)(H,23,25);1H. The van der Waals surface area contributed by atoms with Crippen LogP contribution in [0.5, 0.6) is 0 Å². The molecule has 0 spiro atoms. The highest BCUT2D eigenvalue weighted by molar-refractivity contribution is 14.0. The Bertz CT molecular complexity index is 816. The number of aromatic nitrogens is 1. The molecule has 1 aliphatic rings. The number of alkyl carbamates (subject to hydrolysis) is 1. The number of oxazole rings is 1. The first-order valence-electron chi connectivity index (χ1n) is 9.27. The van der Waals surface area contributed by atoms with Crippen LogP contribution in [0.3, 0.4) is 0 Å². The summed E-state index contributed by atoms with van der Waals surface area (Å²) in [5.41, 5.74) is 0.312. The molecule has 2 N–H and O–H groups in total. The van der Waals surface area contributed by atoms with E-state index < -0.39 is 5.60 Å². The summed E-state index contributed by atoms with van der Waals surface area (Å²) >= 11 is 1.59. The monoisotopic (exact) mass is 533 g/mol. The van der Waals surface area contributed by atoms with Crippen LogP contribution in [0.2, 0.25) is 0 Å². The van der Waals surface area contributed by atoms with Crippen molar-refractivity contribution in [2.75, 3.05) is 20.1 Å². The SMILES string of the molecule is CN=C(NCc1coc(-c2cccs2)n1)N1CCC(NC(=O)OC(C)(C)C)C1.I. The maximum atomic E-state index is 12.0. The summed E-state index contributed by atoms with van der Waals surface area (Å²) < 4.78 is 10.9. The molecule has 0 radical (unpaired) electrons. The van der Waals surface area contributed by atoms with Gasteiger partial charge in [0.2, 0.25) is 5.89 Å². The largest absolute Gasteiger partial charge is 0.444 e. The average Bonchev–Trinajstić information content (AvgIpc) is 3.35. The van der Waals surface area contributed by atoms with Gasteiger partial charge in [-0.05, 0) is 38.6 Å². The van der Waals surface area contributed by atoms with E-state index in [2.05, 4.69) is 25.5 Å². The van der Waals surface area contributed by atoms with Crippen LogP contribution in [0.25, 0.3) is 10.8 Å². The van der Waals surface area contributed by atoms with Gasteiger partial charge in [-0.3, -0.25) is 4.99 Å². The minimum atomic E-state index is -0.500. The lowest BCUT2D eigenvalue weighted by Gasteiger charge is -2.23. The number of rotatable bonds is 4. The highest BCUT2D eigenvalue weighted by atomic mass is 127. The zero-order chi connectivity index (χ0) is 20.1. The number of nitrogens with zero attached hydrogens (tertiary/aromatic N) is 3. The van der Waals surface area contributed by atoms with Crippen molar-refractivity contribution in [1.29, 1.82) is 0 Å². The highest BCUT2D eigenvalue weighted by Crippen LogP contribution is 2.23. The Morgan fingerprint density at radius 1 is 1.48 bits per heavy atom. The molecule has 29 heavy (non-hydrogen) atoms. The lowest BCUT2D eigenvalue weighted by atomic mass is 10.2. The van der Waals surface area contributed by atoms with Gasteiger partial charge in [0, 0.05) is 20.1 Å². The molecule has 1 fully saturated rings. The molecule has 2 aromatic heterocycles. The predicted octanol–water partition coefficient (Wildman–Crippen LogP) is 3.70. The van der Waals surface area contributed by atoms with E-state index in [4.69, 9.17) is 9.15 Å². The molecule has 160 valence electrons. The number of likely N-dealkylation sites (tertiary alicyclic amines) is 1. The molecule has 3 heterocycles. The molecular formula is C19H28IN5O3S. The first-order valence-corrected chi connectivity index (χ1v) is 10.2. The zero-order valence-electron chi connectivity index (χ0n) is 17.1. The first-order chi connectivity index (χ1) is 13.3. The molecule has 10 heteroatoms. The second-order valence-electron chi connectivity index (χ2n) is 7.60. The number of amides is 1. The van der Waals surface area contributed by atoms with Crippen molar-refractivity contribution in [3.63, 3.8) is 0 Å². The molecule has 1 aliphatic heterocycles. The third-order valence-electron chi connectivity index (χ3n) is 4.13. The van der Waals surface area contributed by atoms with E-state index in [1.54, 1.807) is 24.6 Å². The van der Waals surface area contributed by atoms with E-state index in [-0.39, 0.29) is 36.1 Å². The van der Waals surface area contributed by atoms with Crippen LogP contribution in [0.1, 0.15) is 32.9 Å². The zero-order valence-corrected chi connectivity index (χ0v) is 20.2. The minimum Gasteiger partial charge on any atom is -0.444 e. The van der Waals surface area contributed by atoms with E-state index in [1.165, 1.54) is 0 Å². The fourth-order valence-corrected chi connectivity index (χ4v) is 3.60. The Balaban J connectivity index is 0.00000300. The summed E-state index contributed by atoms with van der Waals surface area (Å²) in [4.78, 5) is 23.9. The van der Waals surface area contributed by atoms with Crippen LogP contribution in [-0.2, 0) is 11.3 Å². The average molecular weight is 533 g/mol. The van der Waals surface area contributed by atoms with Gasteiger partial charge in [0.1, 0.15) is 11.9 Å². The van der Waals surface area contributed by atoms with Crippen molar-refractivity contribution in [3.05, 3.63) is 29.5 Å². The minimum absolute atomic E-state index is 0. The highest BCUT2D eigenvalue weighted by Gasteiger charge is 2.27. The summed E-state index contributed by atoms with van der Waals surface area (Å²) in [6, 6.07) is 3.99. The molecule has 3 rings (SSSR count). The van der Waals surface area contributed by atoms with Gasteiger partial charge < -0.3 is 24.7 Å².